The van der Waals surface area contributed by atoms with E-state index in [2.05, 4.69) is 91.0 Å². The van der Waals surface area contributed by atoms with E-state index in [1.54, 1.807) is 14.2 Å². The quantitative estimate of drug-likeness (QED) is 0.0419. The highest BCUT2D eigenvalue weighted by Crippen LogP contribution is 2.55. The van der Waals surface area contributed by atoms with Gasteiger partial charge in [0.05, 0.1) is 165 Å². The average molecular weight is 1080 g/mol. The Labute approximate surface area is 459 Å². The van der Waals surface area contributed by atoms with Crippen molar-refractivity contribution in [1.82, 2.24) is 0 Å². The molecule has 1 aliphatic carbocycles. The van der Waals surface area contributed by atoms with Crippen LogP contribution in [0.2, 0.25) is 0 Å². The highest BCUT2D eigenvalue weighted by molar-refractivity contribution is 5.86. The maximum absolute atomic E-state index is 6.21. The van der Waals surface area contributed by atoms with E-state index in [9.17, 15) is 0 Å². The lowest BCUT2D eigenvalue weighted by Crippen LogP contribution is -2.27. The van der Waals surface area contributed by atoms with Gasteiger partial charge in [-0.15, -0.1) is 0 Å². The van der Waals surface area contributed by atoms with Gasteiger partial charge in [-0.3, -0.25) is 0 Å². The van der Waals surface area contributed by atoms with Crippen molar-refractivity contribution in [3.63, 3.8) is 0 Å². The summed E-state index contributed by atoms with van der Waals surface area (Å²) in [6.07, 6.45) is 5.57. The van der Waals surface area contributed by atoms with Crippen LogP contribution in [0.5, 0.6) is 5.75 Å². The molecule has 1 unspecified atom stereocenters. The Hall–Kier alpha value is -3.92. The number of rotatable bonds is 51. The molecule has 0 amide bonds. The van der Waals surface area contributed by atoms with E-state index >= 15 is 0 Å². The first kappa shape index (κ1) is 63.9. The number of hydrogen-bond donors (Lipinski definition) is 1. The first-order valence-electron chi connectivity index (χ1n) is 27.9. The number of unbranched alkanes of at least 4 members (excludes halogenated alkanes) is 1. The molecule has 16 heteroatoms. The van der Waals surface area contributed by atoms with Gasteiger partial charge in [-0.05, 0) is 114 Å². The van der Waals surface area contributed by atoms with E-state index in [1.807, 2.05) is 0 Å². The molecule has 0 spiro atoms. The molecule has 0 saturated carbocycles. The van der Waals surface area contributed by atoms with Crippen molar-refractivity contribution in [2.75, 3.05) is 199 Å². The lowest BCUT2D eigenvalue weighted by Gasteiger charge is -2.33. The summed E-state index contributed by atoms with van der Waals surface area (Å²) < 4.78 is 84.1. The summed E-state index contributed by atoms with van der Waals surface area (Å²) in [5.74, 6) is 0.875. The van der Waals surface area contributed by atoms with E-state index in [0.717, 1.165) is 49.8 Å². The van der Waals surface area contributed by atoms with Gasteiger partial charge in [0.2, 0.25) is 0 Å². The standard InChI is InChI=1S/C61H91NO15/c1-63-26-28-65-23-8-20-61(59-50-54(52-10-4-3-5-11-52)14-18-57(59)58-19-15-55(51-60(58)61)53-12-16-56(17-13-53)77-25-7-6-22-62)21-9-24-66-30-31-68-34-35-70-38-39-72-42-43-74-46-47-76-49-48-75-45-44-73-41-40-71-37-36-69-33-32-67-29-27-64-2/h3-5,10-19,50-51H,6-9,20-49,62H2,1-2H3. The van der Waals surface area contributed by atoms with Crippen molar-refractivity contribution >= 4 is 0 Å². The third-order valence-corrected chi connectivity index (χ3v) is 12.9. The van der Waals surface area contributed by atoms with Gasteiger partial charge in [0, 0.05) is 32.8 Å². The topological polar surface area (TPSA) is 164 Å². The van der Waals surface area contributed by atoms with Crippen LogP contribution in [-0.4, -0.2) is 199 Å². The Morgan fingerprint density at radius 2 is 0.636 bits per heavy atom. The summed E-state index contributed by atoms with van der Waals surface area (Å²) >= 11 is 0. The lowest BCUT2D eigenvalue weighted by atomic mass is 9.70. The molecule has 4 aromatic carbocycles. The van der Waals surface area contributed by atoms with Gasteiger partial charge in [-0.2, -0.15) is 0 Å². The minimum atomic E-state index is -0.241. The summed E-state index contributed by atoms with van der Waals surface area (Å²) in [5, 5.41) is 0. The number of methoxy groups -OCH3 is 2. The molecular formula is C61H91NO15. The molecule has 0 saturated heterocycles. The second-order valence-electron chi connectivity index (χ2n) is 18.4. The van der Waals surface area contributed by atoms with Crippen molar-refractivity contribution in [1.29, 1.82) is 0 Å². The summed E-state index contributed by atoms with van der Waals surface area (Å²) in [6.45, 7) is 15.1. The van der Waals surface area contributed by atoms with Crippen LogP contribution in [0, 0.1) is 0 Å². The molecule has 0 aromatic heterocycles. The lowest BCUT2D eigenvalue weighted by molar-refractivity contribution is -0.0280. The predicted molar refractivity (Wildman–Crippen MR) is 299 cm³/mol. The van der Waals surface area contributed by atoms with Crippen molar-refractivity contribution in [2.24, 2.45) is 5.73 Å². The fourth-order valence-electron chi connectivity index (χ4n) is 8.97. The van der Waals surface area contributed by atoms with Crippen molar-refractivity contribution in [2.45, 2.75) is 43.9 Å². The highest BCUT2D eigenvalue weighted by Gasteiger charge is 2.43. The molecule has 5 rings (SSSR count). The number of hydrogen-bond acceptors (Lipinski definition) is 16. The first-order valence-corrected chi connectivity index (χ1v) is 27.9. The van der Waals surface area contributed by atoms with Crippen molar-refractivity contribution in [3.05, 3.63) is 102 Å². The van der Waals surface area contributed by atoms with E-state index < -0.39 is 0 Å². The Morgan fingerprint density at radius 1 is 0.312 bits per heavy atom. The monoisotopic (exact) mass is 1080 g/mol. The van der Waals surface area contributed by atoms with Crippen LogP contribution in [0.3, 0.4) is 0 Å². The zero-order valence-corrected chi connectivity index (χ0v) is 46.4. The Bertz CT molecular complexity index is 2050. The summed E-state index contributed by atoms with van der Waals surface area (Å²) in [6, 6.07) is 33.2. The summed E-state index contributed by atoms with van der Waals surface area (Å²) in [5.41, 5.74) is 15.6. The fraction of sp³-hybridized carbons (Fsp3) is 0.607. The van der Waals surface area contributed by atoms with Crippen LogP contribution in [0.25, 0.3) is 33.4 Å². The third-order valence-electron chi connectivity index (χ3n) is 12.9. The molecule has 1 aliphatic rings. The van der Waals surface area contributed by atoms with Gasteiger partial charge in [0.1, 0.15) is 5.75 Å². The maximum atomic E-state index is 6.21. The number of fused-ring (bicyclic) bond motifs is 3. The number of benzene rings is 4. The van der Waals surface area contributed by atoms with E-state index in [0.29, 0.717) is 185 Å². The average Bonchev–Trinajstić information content (AvgIpc) is 3.99. The normalized spacial score (nSPS) is 13.9. The minimum absolute atomic E-state index is 0.241. The molecule has 430 valence electrons. The van der Waals surface area contributed by atoms with Gasteiger partial charge >= 0.3 is 0 Å². The molecule has 0 bridgehead atoms. The van der Waals surface area contributed by atoms with Gasteiger partial charge < -0.3 is 76.8 Å². The molecule has 0 heterocycles. The predicted octanol–water partition coefficient (Wildman–Crippen LogP) is 8.46. The van der Waals surface area contributed by atoms with Crippen molar-refractivity contribution < 1.29 is 71.1 Å². The van der Waals surface area contributed by atoms with Crippen molar-refractivity contribution in [3.8, 4) is 39.1 Å². The van der Waals surface area contributed by atoms with Gasteiger partial charge in [-0.1, -0.05) is 66.7 Å². The molecule has 4 aromatic rings. The molecule has 0 fully saturated rings. The van der Waals surface area contributed by atoms with E-state index in [4.69, 9.17) is 76.8 Å². The summed E-state index contributed by atoms with van der Waals surface area (Å²) in [4.78, 5) is 0. The molecule has 0 aliphatic heterocycles. The molecule has 2 N–H and O–H groups in total. The Morgan fingerprint density at radius 3 is 0.987 bits per heavy atom. The Kier molecular flexibility index (Phi) is 34.9. The van der Waals surface area contributed by atoms with Crippen LogP contribution in [0.15, 0.2) is 91.0 Å². The van der Waals surface area contributed by atoms with Gasteiger partial charge in [0.15, 0.2) is 0 Å². The molecule has 77 heavy (non-hydrogen) atoms. The molecule has 16 nitrogen and oxygen atoms in total. The van der Waals surface area contributed by atoms with Gasteiger partial charge in [-0.25, -0.2) is 0 Å². The second-order valence-corrected chi connectivity index (χ2v) is 18.4. The number of nitrogens with two attached hydrogens (primary N) is 1. The van der Waals surface area contributed by atoms with E-state index in [-0.39, 0.29) is 5.41 Å². The van der Waals surface area contributed by atoms with Gasteiger partial charge in [0.25, 0.3) is 0 Å². The summed E-state index contributed by atoms with van der Waals surface area (Å²) in [7, 11) is 3.36. The highest BCUT2D eigenvalue weighted by atomic mass is 16.6. The zero-order valence-electron chi connectivity index (χ0n) is 46.4. The third kappa shape index (κ3) is 25.4. The van der Waals surface area contributed by atoms with Crippen LogP contribution >= 0.6 is 0 Å². The van der Waals surface area contributed by atoms with Crippen LogP contribution in [0.4, 0.5) is 0 Å². The minimum Gasteiger partial charge on any atom is -0.494 e. The van der Waals surface area contributed by atoms with Crippen LogP contribution in [-0.2, 0) is 71.7 Å². The molecule has 0 radical (unpaired) electrons. The first-order chi connectivity index (χ1) is 38.2. The smallest absolute Gasteiger partial charge is 0.119 e. The van der Waals surface area contributed by atoms with Crippen LogP contribution in [0.1, 0.15) is 49.7 Å². The zero-order chi connectivity index (χ0) is 54.0. The molecule has 1 atom stereocenters. The van der Waals surface area contributed by atoms with Crippen LogP contribution < -0.4 is 10.5 Å². The second kappa shape index (κ2) is 42.0. The maximum Gasteiger partial charge on any atom is 0.119 e. The van der Waals surface area contributed by atoms with E-state index in [1.165, 1.54) is 38.9 Å². The molecular weight excluding hydrogens is 987 g/mol. The fourth-order valence-corrected chi connectivity index (χ4v) is 8.97. The largest absolute Gasteiger partial charge is 0.494 e. The SMILES string of the molecule is COCCOCCCC1(CCCOCCOCCOCCOCCOCCOCCOCCOCCOCCOCCOCCOC)c2cc(-c3ccccc3)ccc2-c2ccc(-c3ccc(OCCCCN)cc3)cc21. The number of ether oxygens (including phenoxy) is 15. The Balaban J connectivity index is 0.930.